The number of allylic oxidation sites excluding steroid dienone is 5. The number of carbonyl (C=O) groups excluding carboxylic acids is 1. The molecule has 0 aliphatic rings. The molecule has 1 N–H and O–H groups in total. The van der Waals surface area contributed by atoms with Crippen molar-refractivity contribution in [1.82, 2.24) is 0 Å². The SMILES string of the molecule is C=Cc1c(C(=C)C(C)=CC=CC)sc2ccc(NC(=O)CCl)cc12. The van der Waals surface area contributed by atoms with Crippen LogP contribution < -0.4 is 5.32 Å². The summed E-state index contributed by atoms with van der Waals surface area (Å²) in [6.45, 7) is 12.2. The van der Waals surface area contributed by atoms with Crippen molar-refractivity contribution >= 4 is 56.3 Å². The Morgan fingerprint density at radius 2 is 2.17 bits per heavy atom. The fourth-order valence-corrected chi connectivity index (χ4v) is 3.62. The molecule has 0 spiro atoms. The van der Waals surface area contributed by atoms with E-state index in [0.29, 0.717) is 0 Å². The van der Waals surface area contributed by atoms with Crippen molar-refractivity contribution in [2.75, 3.05) is 11.2 Å². The normalized spacial score (nSPS) is 11.9. The van der Waals surface area contributed by atoms with Gasteiger partial charge in [-0.2, -0.15) is 0 Å². The van der Waals surface area contributed by atoms with Crippen LogP contribution in [0.1, 0.15) is 24.3 Å². The number of rotatable bonds is 6. The van der Waals surface area contributed by atoms with Crippen LogP contribution in [0, 0.1) is 0 Å². The van der Waals surface area contributed by atoms with Gasteiger partial charge < -0.3 is 5.32 Å². The second-order valence-corrected chi connectivity index (χ2v) is 6.62. The fourth-order valence-electron chi connectivity index (χ4n) is 2.34. The second kappa shape index (κ2) is 8.13. The molecule has 1 aromatic heterocycles. The minimum Gasteiger partial charge on any atom is -0.325 e. The van der Waals surface area contributed by atoms with Crippen molar-refractivity contribution in [1.29, 1.82) is 0 Å². The van der Waals surface area contributed by atoms with Gasteiger partial charge in [0.1, 0.15) is 5.88 Å². The summed E-state index contributed by atoms with van der Waals surface area (Å²) < 4.78 is 1.13. The van der Waals surface area contributed by atoms with Crippen LogP contribution >= 0.6 is 22.9 Å². The van der Waals surface area contributed by atoms with Crippen LogP contribution in [0.15, 0.2) is 55.2 Å². The number of anilines is 1. The number of hydrogen-bond donors (Lipinski definition) is 1. The average Bonchev–Trinajstić information content (AvgIpc) is 2.96. The lowest BCUT2D eigenvalue weighted by Crippen LogP contribution is -2.12. The van der Waals surface area contributed by atoms with Gasteiger partial charge in [-0.25, -0.2) is 0 Å². The van der Waals surface area contributed by atoms with Gasteiger partial charge in [-0.3, -0.25) is 4.79 Å². The fraction of sp³-hybridized carbons (Fsp3) is 0.150. The lowest BCUT2D eigenvalue weighted by Gasteiger charge is -2.05. The standard InChI is InChI=1S/C20H20ClNOS/c1-5-7-8-13(3)14(4)20-16(6-2)17-11-15(22-19(23)12-21)9-10-18(17)24-20/h5-11H,2,4,12H2,1,3H3,(H,22,23). The van der Waals surface area contributed by atoms with E-state index in [9.17, 15) is 4.79 Å². The zero-order valence-electron chi connectivity index (χ0n) is 13.9. The average molecular weight is 358 g/mol. The summed E-state index contributed by atoms with van der Waals surface area (Å²) in [5.74, 6) is -0.284. The first-order chi connectivity index (χ1) is 11.5. The molecular weight excluding hydrogens is 338 g/mol. The van der Waals surface area contributed by atoms with E-state index in [-0.39, 0.29) is 11.8 Å². The summed E-state index contributed by atoms with van der Waals surface area (Å²) in [6.07, 6.45) is 7.88. The van der Waals surface area contributed by atoms with Crippen molar-refractivity contribution in [2.24, 2.45) is 0 Å². The van der Waals surface area contributed by atoms with Gasteiger partial charge in [0.2, 0.25) is 5.91 Å². The minimum absolute atomic E-state index is 0.0625. The Hall–Kier alpha value is -2.10. The number of hydrogen-bond acceptors (Lipinski definition) is 2. The smallest absolute Gasteiger partial charge is 0.239 e. The number of thiophene rings is 1. The van der Waals surface area contributed by atoms with Gasteiger partial charge in [0.15, 0.2) is 0 Å². The maximum atomic E-state index is 11.5. The van der Waals surface area contributed by atoms with E-state index in [0.717, 1.165) is 37.4 Å². The molecule has 4 heteroatoms. The van der Waals surface area contributed by atoms with Crippen molar-refractivity contribution in [3.63, 3.8) is 0 Å². The molecule has 24 heavy (non-hydrogen) atoms. The van der Waals surface area contributed by atoms with E-state index in [2.05, 4.69) is 18.5 Å². The Balaban J connectivity index is 2.51. The molecule has 0 saturated carbocycles. The molecule has 1 aromatic carbocycles. The molecule has 0 fully saturated rings. The maximum Gasteiger partial charge on any atom is 0.239 e. The summed E-state index contributed by atoms with van der Waals surface area (Å²) >= 11 is 7.23. The maximum absolute atomic E-state index is 11.5. The van der Waals surface area contributed by atoms with Gasteiger partial charge >= 0.3 is 0 Å². The molecule has 2 rings (SSSR count). The molecule has 0 atom stereocenters. The number of alkyl halides is 1. The van der Waals surface area contributed by atoms with E-state index in [1.165, 1.54) is 0 Å². The Bertz CT molecular complexity index is 858. The highest BCUT2D eigenvalue weighted by molar-refractivity contribution is 7.20. The third-order valence-corrected chi connectivity index (χ3v) is 5.11. The quantitative estimate of drug-likeness (QED) is 0.480. The van der Waals surface area contributed by atoms with Crippen molar-refractivity contribution in [3.8, 4) is 0 Å². The Morgan fingerprint density at radius 1 is 1.42 bits per heavy atom. The molecule has 124 valence electrons. The first-order valence-electron chi connectivity index (χ1n) is 7.55. The van der Waals surface area contributed by atoms with Gasteiger partial charge in [-0.15, -0.1) is 22.9 Å². The van der Waals surface area contributed by atoms with Crippen LogP contribution in [-0.2, 0) is 4.79 Å². The van der Waals surface area contributed by atoms with E-state index in [1.54, 1.807) is 11.3 Å². The number of halogens is 1. The predicted octanol–water partition coefficient (Wildman–Crippen LogP) is 6.26. The van der Waals surface area contributed by atoms with Crippen LogP contribution in [0.3, 0.4) is 0 Å². The van der Waals surface area contributed by atoms with E-state index in [1.807, 2.05) is 56.4 Å². The number of carbonyl (C=O) groups is 1. The van der Waals surface area contributed by atoms with Crippen molar-refractivity contribution < 1.29 is 4.79 Å². The van der Waals surface area contributed by atoms with E-state index in [4.69, 9.17) is 11.6 Å². The van der Waals surface area contributed by atoms with Crippen molar-refractivity contribution in [2.45, 2.75) is 13.8 Å². The van der Waals surface area contributed by atoms with Crippen LogP contribution in [-0.4, -0.2) is 11.8 Å². The Kier molecular flexibility index (Phi) is 6.18. The molecule has 0 bridgehead atoms. The Labute approximate surface area is 151 Å². The van der Waals surface area contributed by atoms with E-state index < -0.39 is 0 Å². The number of fused-ring (bicyclic) bond motifs is 1. The topological polar surface area (TPSA) is 29.1 Å². The molecule has 0 unspecified atom stereocenters. The van der Waals surface area contributed by atoms with Crippen LogP contribution in [0.25, 0.3) is 21.7 Å². The molecule has 0 aliphatic carbocycles. The molecule has 0 radical (unpaired) electrons. The number of benzene rings is 1. The third kappa shape index (κ3) is 3.86. The monoisotopic (exact) mass is 357 g/mol. The zero-order valence-corrected chi connectivity index (χ0v) is 15.4. The lowest BCUT2D eigenvalue weighted by atomic mass is 10.0. The number of nitrogens with one attached hydrogen (secondary N) is 1. The zero-order chi connectivity index (χ0) is 17.7. The number of amides is 1. The summed E-state index contributed by atoms with van der Waals surface area (Å²) in [5, 5.41) is 3.83. The second-order valence-electron chi connectivity index (χ2n) is 5.30. The van der Waals surface area contributed by atoms with Gasteiger partial charge in [0.25, 0.3) is 0 Å². The van der Waals surface area contributed by atoms with Gasteiger partial charge in [-0.05, 0) is 43.2 Å². The van der Waals surface area contributed by atoms with Gasteiger partial charge in [0, 0.05) is 26.2 Å². The van der Waals surface area contributed by atoms with Crippen LogP contribution in [0.5, 0.6) is 0 Å². The summed E-state index contributed by atoms with van der Waals surface area (Å²) in [5.41, 5.74) is 3.86. The summed E-state index contributed by atoms with van der Waals surface area (Å²) in [7, 11) is 0. The van der Waals surface area contributed by atoms with Crippen molar-refractivity contribution in [3.05, 3.63) is 65.6 Å². The highest BCUT2D eigenvalue weighted by atomic mass is 35.5. The summed E-state index contributed by atoms with van der Waals surface area (Å²) in [6, 6.07) is 5.83. The molecule has 1 heterocycles. The van der Waals surface area contributed by atoms with Crippen LogP contribution in [0.4, 0.5) is 5.69 Å². The molecule has 1 amide bonds. The lowest BCUT2D eigenvalue weighted by molar-refractivity contribution is -0.113. The molecule has 2 aromatic rings. The highest BCUT2D eigenvalue weighted by Gasteiger charge is 2.14. The minimum atomic E-state index is -0.221. The molecule has 0 saturated heterocycles. The summed E-state index contributed by atoms with van der Waals surface area (Å²) in [4.78, 5) is 12.6. The van der Waals surface area contributed by atoms with Crippen LogP contribution in [0.2, 0.25) is 0 Å². The first-order valence-corrected chi connectivity index (χ1v) is 8.91. The van der Waals surface area contributed by atoms with Gasteiger partial charge in [0.05, 0.1) is 0 Å². The van der Waals surface area contributed by atoms with Gasteiger partial charge in [-0.1, -0.05) is 37.5 Å². The molecular formula is C20H20ClNOS. The largest absolute Gasteiger partial charge is 0.325 e. The highest BCUT2D eigenvalue weighted by Crippen LogP contribution is 2.39. The Morgan fingerprint density at radius 3 is 2.79 bits per heavy atom. The molecule has 2 nitrogen and oxygen atoms in total. The third-order valence-electron chi connectivity index (χ3n) is 3.62. The predicted molar refractivity (Wildman–Crippen MR) is 109 cm³/mol. The van der Waals surface area contributed by atoms with E-state index >= 15 is 0 Å². The first kappa shape index (κ1) is 18.2. The molecule has 0 aliphatic heterocycles.